The van der Waals surface area contributed by atoms with E-state index in [9.17, 15) is 0 Å². The highest BCUT2D eigenvalue weighted by atomic mass is 32.1. The normalized spacial score (nSPS) is 10.5. The molecule has 1 heterocycles. The Labute approximate surface area is 117 Å². The Kier molecular flexibility index (Phi) is 4.29. The lowest BCUT2D eigenvalue weighted by Gasteiger charge is -2.10. The summed E-state index contributed by atoms with van der Waals surface area (Å²) in [6, 6.07) is 5.90. The van der Waals surface area contributed by atoms with Crippen molar-refractivity contribution in [1.29, 1.82) is 0 Å². The van der Waals surface area contributed by atoms with Crippen LogP contribution >= 0.6 is 11.3 Å². The van der Waals surface area contributed by atoms with Crippen LogP contribution in [0.4, 0.5) is 5.00 Å². The van der Waals surface area contributed by atoms with Gasteiger partial charge in [-0.3, -0.25) is 0 Å². The first-order valence-electron chi connectivity index (χ1n) is 5.94. The van der Waals surface area contributed by atoms with Gasteiger partial charge in [-0.2, -0.15) is 0 Å². The number of methoxy groups -OCH3 is 2. The van der Waals surface area contributed by atoms with Gasteiger partial charge >= 0.3 is 0 Å². The SMILES string of the molecule is CNCc1c(-c2ccc(OC)c(OC)c2)csc1N. The first-order valence-corrected chi connectivity index (χ1v) is 6.82. The number of nitrogens with one attached hydrogen (secondary N) is 1. The number of benzene rings is 1. The van der Waals surface area contributed by atoms with Crippen LogP contribution in [0, 0.1) is 0 Å². The number of hydrogen-bond donors (Lipinski definition) is 2. The Balaban J connectivity index is 2.47. The fraction of sp³-hybridized carbons (Fsp3) is 0.286. The van der Waals surface area contributed by atoms with Crippen LogP contribution in [0.15, 0.2) is 23.6 Å². The van der Waals surface area contributed by atoms with Crippen molar-refractivity contribution in [2.75, 3.05) is 27.0 Å². The molecule has 0 radical (unpaired) electrons. The van der Waals surface area contributed by atoms with E-state index < -0.39 is 0 Å². The van der Waals surface area contributed by atoms with Gasteiger partial charge in [-0.25, -0.2) is 0 Å². The highest BCUT2D eigenvalue weighted by molar-refractivity contribution is 7.14. The van der Waals surface area contributed by atoms with Crippen molar-refractivity contribution in [3.63, 3.8) is 0 Å². The predicted molar refractivity (Wildman–Crippen MR) is 80.0 cm³/mol. The van der Waals surface area contributed by atoms with E-state index in [0.717, 1.165) is 39.7 Å². The molecule has 5 heteroatoms. The van der Waals surface area contributed by atoms with Crippen molar-refractivity contribution in [1.82, 2.24) is 5.32 Å². The van der Waals surface area contributed by atoms with E-state index in [0.29, 0.717) is 0 Å². The van der Waals surface area contributed by atoms with Gasteiger partial charge in [-0.1, -0.05) is 6.07 Å². The third-order valence-corrected chi connectivity index (χ3v) is 3.83. The van der Waals surface area contributed by atoms with E-state index in [1.165, 1.54) is 0 Å². The highest BCUT2D eigenvalue weighted by Gasteiger charge is 2.13. The summed E-state index contributed by atoms with van der Waals surface area (Å²) in [7, 11) is 5.18. The molecule has 1 aromatic heterocycles. The Bertz CT molecular complexity index is 567. The number of nitrogen functional groups attached to an aromatic ring is 1. The Hall–Kier alpha value is -1.72. The molecule has 0 amide bonds. The maximum absolute atomic E-state index is 6.01. The molecule has 102 valence electrons. The molecule has 4 nitrogen and oxygen atoms in total. The minimum Gasteiger partial charge on any atom is -0.493 e. The van der Waals surface area contributed by atoms with Crippen LogP contribution in [0.1, 0.15) is 5.56 Å². The third-order valence-electron chi connectivity index (χ3n) is 2.97. The molecule has 0 spiro atoms. The Morgan fingerprint density at radius 2 is 1.95 bits per heavy atom. The third kappa shape index (κ3) is 2.67. The molecular weight excluding hydrogens is 260 g/mol. The topological polar surface area (TPSA) is 56.5 Å². The van der Waals surface area contributed by atoms with E-state index in [2.05, 4.69) is 10.7 Å². The van der Waals surface area contributed by atoms with Crippen LogP contribution in [0.2, 0.25) is 0 Å². The van der Waals surface area contributed by atoms with Crippen LogP contribution in [-0.2, 0) is 6.54 Å². The van der Waals surface area contributed by atoms with Crippen LogP contribution in [0.5, 0.6) is 11.5 Å². The van der Waals surface area contributed by atoms with Crippen molar-refractivity contribution in [3.05, 3.63) is 29.1 Å². The average Bonchev–Trinajstić information content (AvgIpc) is 2.80. The molecule has 0 unspecified atom stereocenters. The molecule has 19 heavy (non-hydrogen) atoms. The summed E-state index contributed by atoms with van der Waals surface area (Å²) in [5.41, 5.74) is 9.36. The van der Waals surface area contributed by atoms with E-state index in [1.54, 1.807) is 25.6 Å². The van der Waals surface area contributed by atoms with Crippen LogP contribution in [0.3, 0.4) is 0 Å². The summed E-state index contributed by atoms with van der Waals surface area (Å²) in [4.78, 5) is 0. The van der Waals surface area contributed by atoms with Gasteiger partial charge in [-0.05, 0) is 30.3 Å². The van der Waals surface area contributed by atoms with Crippen LogP contribution in [0.25, 0.3) is 11.1 Å². The molecule has 0 saturated heterocycles. The fourth-order valence-corrected chi connectivity index (χ4v) is 2.85. The number of nitrogens with two attached hydrogens (primary N) is 1. The monoisotopic (exact) mass is 278 g/mol. The molecule has 0 saturated carbocycles. The second-order valence-electron chi connectivity index (χ2n) is 4.09. The molecule has 2 aromatic rings. The molecule has 3 N–H and O–H groups in total. The maximum Gasteiger partial charge on any atom is 0.161 e. The zero-order chi connectivity index (χ0) is 13.8. The molecule has 0 bridgehead atoms. The first kappa shape index (κ1) is 13.7. The van der Waals surface area contributed by atoms with Crippen molar-refractivity contribution in [3.8, 4) is 22.6 Å². The van der Waals surface area contributed by atoms with Crippen molar-refractivity contribution >= 4 is 16.3 Å². The molecule has 2 rings (SSSR count). The lowest BCUT2D eigenvalue weighted by atomic mass is 10.0. The highest BCUT2D eigenvalue weighted by Crippen LogP contribution is 2.37. The van der Waals surface area contributed by atoms with Gasteiger partial charge in [0.25, 0.3) is 0 Å². The summed E-state index contributed by atoms with van der Waals surface area (Å²) >= 11 is 1.55. The van der Waals surface area contributed by atoms with E-state index in [1.807, 2.05) is 25.2 Å². The van der Waals surface area contributed by atoms with Crippen molar-refractivity contribution < 1.29 is 9.47 Å². The molecule has 1 aromatic carbocycles. The smallest absolute Gasteiger partial charge is 0.161 e. The molecule has 0 aliphatic carbocycles. The standard InChI is InChI=1S/C14H18N2O2S/c1-16-7-10-11(8-19-14(10)15)9-4-5-12(17-2)13(6-9)18-3/h4-6,8,16H,7,15H2,1-3H3. The molecule has 0 atom stereocenters. The van der Waals surface area contributed by atoms with Gasteiger partial charge in [-0.15, -0.1) is 11.3 Å². The molecule has 0 aliphatic rings. The number of ether oxygens (including phenoxy) is 2. The number of anilines is 1. The summed E-state index contributed by atoms with van der Waals surface area (Å²) in [6.45, 7) is 0.749. The van der Waals surface area contributed by atoms with Gasteiger partial charge in [0.1, 0.15) is 0 Å². The fourth-order valence-electron chi connectivity index (χ4n) is 2.00. The van der Waals surface area contributed by atoms with Gasteiger partial charge in [0.2, 0.25) is 0 Å². The van der Waals surface area contributed by atoms with Gasteiger partial charge in [0.05, 0.1) is 19.2 Å². The molecule has 0 aliphatic heterocycles. The van der Waals surface area contributed by atoms with Crippen LogP contribution < -0.4 is 20.5 Å². The Morgan fingerprint density at radius 3 is 2.58 bits per heavy atom. The number of hydrogen-bond acceptors (Lipinski definition) is 5. The van der Waals surface area contributed by atoms with Crippen LogP contribution in [-0.4, -0.2) is 21.3 Å². The number of rotatable bonds is 5. The second kappa shape index (κ2) is 5.95. The zero-order valence-corrected chi connectivity index (χ0v) is 12.1. The summed E-state index contributed by atoms with van der Waals surface area (Å²) < 4.78 is 10.6. The average molecular weight is 278 g/mol. The largest absolute Gasteiger partial charge is 0.493 e. The maximum atomic E-state index is 6.01. The lowest BCUT2D eigenvalue weighted by Crippen LogP contribution is -2.06. The molecule has 0 fully saturated rings. The Morgan fingerprint density at radius 1 is 1.21 bits per heavy atom. The van der Waals surface area contributed by atoms with Gasteiger partial charge in [0.15, 0.2) is 11.5 Å². The van der Waals surface area contributed by atoms with Crippen molar-refractivity contribution in [2.45, 2.75) is 6.54 Å². The lowest BCUT2D eigenvalue weighted by molar-refractivity contribution is 0.355. The van der Waals surface area contributed by atoms with Gasteiger partial charge < -0.3 is 20.5 Å². The summed E-state index contributed by atoms with van der Waals surface area (Å²) in [5.74, 6) is 1.45. The van der Waals surface area contributed by atoms with E-state index in [-0.39, 0.29) is 0 Å². The quantitative estimate of drug-likeness (QED) is 0.883. The molecular formula is C14H18N2O2S. The van der Waals surface area contributed by atoms with Gasteiger partial charge in [0, 0.05) is 17.5 Å². The van der Waals surface area contributed by atoms with E-state index >= 15 is 0 Å². The predicted octanol–water partition coefficient (Wildman–Crippen LogP) is 2.73. The first-order chi connectivity index (χ1) is 9.21. The van der Waals surface area contributed by atoms with Crippen molar-refractivity contribution in [2.24, 2.45) is 0 Å². The summed E-state index contributed by atoms with van der Waals surface area (Å²) in [5, 5.41) is 6.06. The second-order valence-corrected chi connectivity index (χ2v) is 5.00. The summed E-state index contributed by atoms with van der Waals surface area (Å²) in [6.07, 6.45) is 0. The number of thiophene rings is 1. The zero-order valence-electron chi connectivity index (χ0n) is 11.3. The van der Waals surface area contributed by atoms with E-state index in [4.69, 9.17) is 15.2 Å². The minimum absolute atomic E-state index is 0.722. The minimum atomic E-state index is 0.722.